The monoisotopic (exact) mass is 270 g/mol. The van der Waals surface area contributed by atoms with Crippen LogP contribution in [0.25, 0.3) is 0 Å². The lowest BCUT2D eigenvalue weighted by Gasteiger charge is -2.09. The molecule has 0 aliphatic rings. The number of nitrogens with two attached hydrogens (primary N) is 1. The van der Waals surface area contributed by atoms with Gasteiger partial charge in [-0.05, 0) is 24.3 Å². The average molecular weight is 270 g/mol. The highest BCUT2D eigenvalue weighted by atomic mass is 32.2. The van der Waals surface area contributed by atoms with E-state index in [9.17, 15) is 13.2 Å². The van der Waals surface area contributed by atoms with Crippen LogP contribution in [0.1, 0.15) is 5.56 Å². The molecule has 2 rings (SSSR count). The van der Waals surface area contributed by atoms with E-state index in [-0.39, 0.29) is 10.8 Å². The standard InChI is InChI=1S/C12H9F3N2S/c13-12(14,15)8-6-10(16)17-11(7-8)18-9-4-2-1-3-5-9/h1-7H,(H2,16,17). The van der Waals surface area contributed by atoms with Crippen LogP contribution in [0.5, 0.6) is 0 Å². The Morgan fingerprint density at radius 1 is 1.06 bits per heavy atom. The maximum absolute atomic E-state index is 12.6. The first-order valence-corrected chi connectivity index (χ1v) is 5.84. The maximum atomic E-state index is 12.6. The molecule has 0 saturated heterocycles. The number of aromatic nitrogens is 1. The Hall–Kier alpha value is -1.69. The average Bonchev–Trinajstić information content (AvgIpc) is 2.28. The van der Waals surface area contributed by atoms with Gasteiger partial charge in [-0.1, -0.05) is 30.0 Å². The second-order valence-electron chi connectivity index (χ2n) is 3.53. The Balaban J connectivity index is 2.32. The smallest absolute Gasteiger partial charge is 0.384 e. The van der Waals surface area contributed by atoms with Crippen LogP contribution in [0, 0.1) is 0 Å². The molecule has 0 bridgehead atoms. The molecule has 0 aliphatic carbocycles. The van der Waals surface area contributed by atoms with Gasteiger partial charge < -0.3 is 5.73 Å². The van der Waals surface area contributed by atoms with Crippen molar-refractivity contribution in [2.45, 2.75) is 16.1 Å². The molecular weight excluding hydrogens is 261 g/mol. The largest absolute Gasteiger partial charge is 0.416 e. The van der Waals surface area contributed by atoms with Crippen molar-refractivity contribution in [1.29, 1.82) is 0 Å². The van der Waals surface area contributed by atoms with Gasteiger partial charge in [0.15, 0.2) is 0 Å². The third-order valence-corrected chi connectivity index (χ3v) is 3.04. The van der Waals surface area contributed by atoms with Crippen molar-refractivity contribution in [3.63, 3.8) is 0 Å². The molecule has 1 aromatic carbocycles. The van der Waals surface area contributed by atoms with E-state index in [1.165, 1.54) is 0 Å². The molecule has 0 saturated carbocycles. The van der Waals surface area contributed by atoms with Crippen LogP contribution >= 0.6 is 11.8 Å². The summed E-state index contributed by atoms with van der Waals surface area (Å²) in [6.45, 7) is 0. The van der Waals surface area contributed by atoms with E-state index < -0.39 is 11.7 Å². The molecule has 0 radical (unpaired) electrons. The van der Waals surface area contributed by atoms with Gasteiger partial charge in [0.1, 0.15) is 10.8 Å². The van der Waals surface area contributed by atoms with Gasteiger partial charge in [-0.3, -0.25) is 0 Å². The summed E-state index contributed by atoms with van der Waals surface area (Å²) in [6, 6.07) is 10.9. The van der Waals surface area contributed by atoms with E-state index in [4.69, 9.17) is 5.73 Å². The second kappa shape index (κ2) is 4.89. The van der Waals surface area contributed by atoms with Crippen LogP contribution in [-0.4, -0.2) is 4.98 Å². The molecule has 2 N–H and O–H groups in total. The lowest BCUT2D eigenvalue weighted by molar-refractivity contribution is -0.137. The summed E-state index contributed by atoms with van der Waals surface area (Å²) in [5, 5.41) is 0.230. The van der Waals surface area contributed by atoms with Crippen molar-refractivity contribution in [2.24, 2.45) is 0 Å². The maximum Gasteiger partial charge on any atom is 0.416 e. The Labute approximate surface area is 106 Å². The van der Waals surface area contributed by atoms with Gasteiger partial charge in [-0.2, -0.15) is 13.2 Å². The number of benzene rings is 1. The minimum Gasteiger partial charge on any atom is -0.384 e. The topological polar surface area (TPSA) is 38.9 Å². The van der Waals surface area contributed by atoms with Crippen molar-refractivity contribution in [3.05, 3.63) is 48.0 Å². The zero-order valence-electron chi connectivity index (χ0n) is 9.11. The number of nitrogen functional groups attached to an aromatic ring is 1. The molecule has 0 aliphatic heterocycles. The number of halogens is 3. The van der Waals surface area contributed by atoms with Crippen LogP contribution in [0.3, 0.4) is 0 Å². The highest BCUT2D eigenvalue weighted by Gasteiger charge is 2.31. The second-order valence-corrected chi connectivity index (χ2v) is 4.63. The number of pyridine rings is 1. The van der Waals surface area contributed by atoms with E-state index in [1.807, 2.05) is 6.07 Å². The van der Waals surface area contributed by atoms with Gasteiger partial charge in [0.05, 0.1) is 5.56 Å². The van der Waals surface area contributed by atoms with E-state index in [2.05, 4.69) is 4.98 Å². The summed E-state index contributed by atoms with van der Waals surface area (Å²) < 4.78 is 37.8. The molecule has 0 atom stereocenters. The van der Waals surface area contributed by atoms with Crippen molar-refractivity contribution < 1.29 is 13.2 Å². The third-order valence-electron chi connectivity index (χ3n) is 2.11. The lowest BCUT2D eigenvalue weighted by atomic mass is 10.2. The molecule has 0 fully saturated rings. The summed E-state index contributed by atoms with van der Waals surface area (Å²) >= 11 is 1.14. The minimum absolute atomic E-state index is 0.136. The summed E-state index contributed by atoms with van der Waals surface area (Å²) in [5.74, 6) is -0.136. The summed E-state index contributed by atoms with van der Waals surface area (Å²) in [6.07, 6.45) is -4.41. The molecule has 2 nitrogen and oxygen atoms in total. The molecule has 1 heterocycles. The number of anilines is 1. The van der Waals surface area contributed by atoms with Gasteiger partial charge in [0, 0.05) is 4.90 Å². The molecule has 0 spiro atoms. The summed E-state index contributed by atoms with van der Waals surface area (Å²) in [5.41, 5.74) is 4.60. The van der Waals surface area contributed by atoms with Gasteiger partial charge in [-0.25, -0.2) is 4.98 Å². The van der Waals surface area contributed by atoms with Crippen LogP contribution in [0.15, 0.2) is 52.4 Å². The number of rotatable bonds is 2. The Morgan fingerprint density at radius 3 is 2.33 bits per heavy atom. The van der Waals surface area contributed by atoms with Crippen LogP contribution in [-0.2, 0) is 6.18 Å². The molecule has 18 heavy (non-hydrogen) atoms. The Morgan fingerprint density at radius 2 is 1.72 bits per heavy atom. The van der Waals surface area contributed by atoms with Crippen LogP contribution in [0.2, 0.25) is 0 Å². The predicted octanol–water partition coefficient (Wildman–Crippen LogP) is 3.83. The number of hydrogen-bond donors (Lipinski definition) is 1. The van der Waals surface area contributed by atoms with E-state index in [1.54, 1.807) is 24.3 Å². The molecule has 0 amide bonds. The molecule has 6 heteroatoms. The summed E-state index contributed by atoms with van der Waals surface area (Å²) in [4.78, 5) is 4.69. The number of hydrogen-bond acceptors (Lipinski definition) is 3. The van der Waals surface area contributed by atoms with Crippen LogP contribution in [0.4, 0.5) is 19.0 Å². The van der Waals surface area contributed by atoms with E-state index >= 15 is 0 Å². The Kier molecular flexibility index (Phi) is 3.47. The first-order valence-electron chi connectivity index (χ1n) is 5.03. The predicted molar refractivity (Wildman–Crippen MR) is 64.2 cm³/mol. The normalized spacial score (nSPS) is 11.5. The SMILES string of the molecule is Nc1cc(C(F)(F)F)cc(Sc2ccccc2)n1. The van der Waals surface area contributed by atoms with E-state index in [0.29, 0.717) is 0 Å². The highest BCUT2D eigenvalue weighted by Crippen LogP contribution is 2.34. The van der Waals surface area contributed by atoms with Crippen molar-refractivity contribution in [3.8, 4) is 0 Å². The first kappa shape index (κ1) is 12.8. The van der Waals surface area contributed by atoms with Crippen molar-refractivity contribution in [1.82, 2.24) is 4.98 Å². The fourth-order valence-electron chi connectivity index (χ4n) is 1.35. The van der Waals surface area contributed by atoms with Crippen molar-refractivity contribution in [2.75, 3.05) is 5.73 Å². The fourth-order valence-corrected chi connectivity index (χ4v) is 2.22. The van der Waals surface area contributed by atoms with Crippen molar-refractivity contribution >= 4 is 17.6 Å². The summed E-state index contributed by atoms with van der Waals surface area (Å²) in [7, 11) is 0. The van der Waals surface area contributed by atoms with E-state index in [0.717, 1.165) is 28.8 Å². The lowest BCUT2D eigenvalue weighted by Crippen LogP contribution is -2.07. The fraction of sp³-hybridized carbons (Fsp3) is 0.0833. The van der Waals surface area contributed by atoms with Gasteiger partial charge in [-0.15, -0.1) is 0 Å². The minimum atomic E-state index is -4.41. The molecular formula is C12H9F3N2S. The third kappa shape index (κ3) is 3.16. The quantitative estimate of drug-likeness (QED) is 0.901. The van der Waals surface area contributed by atoms with Gasteiger partial charge in [0.2, 0.25) is 0 Å². The molecule has 94 valence electrons. The molecule has 2 aromatic rings. The number of alkyl halides is 3. The Bertz CT molecular complexity index is 541. The molecule has 1 aromatic heterocycles. The molecule has 0 unspecified atom stereocenters. The zero-order chi connectivity index (χ0) is 13.2. The highest BCUT2D eigenvalue weighted by molar-refractivity contribution is 7.99. The van der Waals surface area contributed by atoms with Gasteiger partial charge in [0.25, 0.3) is 0 Å². The zero-order valence-corrected chi connectivity index (χ0v) is 9.92. The van der Waals surface area contributed by atoms with Gasteiger partial charge >= 0.3 is 6.18 Å². The first-order chi connectivity index (χ1) is 8.45. The van der Waals surface area contributed by atoms with Crippen LogP contribution < -0.4 is 5.73 Å². The number of nitrogens with zero attached hydrogens (tertiary/aromatic N) is 1.